The fourth-order valence-corrected chi connectivity index (χ4v) is 4.25. The van der Waals surface area contributed by atoms with Crippen LogP contribution in [0.4, 0.5) is 0 Å². The third-order valence-electron chi connectivity index (χ3n) is 3.80. The van der Waals surface area contributed by atoms with Crippen LogP contribution in [0.15, 0.2) is 23.8 Å². The number of ketones is 1. The number of carbonyl (C=O) groups excluding carboxylic acids is 1. The standard InChI is InChI=1S/C14H9ClINO/c15-8-3-4-9-10(6-8)12(16)11-2-1-5-14(11,7-17)13(9)18/h3-4,6H,1-2,5H2. The van der Waals surface area contributed by atoms with Crippen LogP contribution in [0.3, 0.4) is 0 Å². The highest BCUT2D eigenvalue weighted by atomic mass is 127. The van der Waals surface area contributed by atoms with E-state index in [4.69, 9.17) is 11.6 Å². The molecule has 3 rings (SSSR count). The average molecular weight is 370 g/mol. The Morgan fingerprint density at radius 1 is 1.39 bits per heavy atom. The minimum Gasteiger partial charge on any atom is -0.292 e. The molecule has 1 atom stereocenters. The van der Waals surface area contributed by atoms with Crippen LogP contribution in [0, 0.1) is 16.7 Å². The van der Waals surface area contributed by atoms with E-state index in [0.717, 1.165) is 27.6 Å². The number of nitriles is 1. The van der Waals surface area contributed by atoms with E-state index in [0.29, 0.717) is 17.0 Å². The summed E-state index contributed by atoms with van der Waals surface area (Å²) in [4.78, 5) is 12.6. The van der Waals surface area contributed by atoms with Crippen molar-refractivity contribution in [3.63, 3.8) is 0 Å². The molecule has 0 radical (unpaired) electrons. The maximum Gasteiger partial charge on any atom is 0.187 e. The molecule has 18 heavy (non-hydrogen) atoms. The number of nitrogens with zero attached hydrogens (tertiary/aromatic N) is 1. The van der Waals surface area contributed by atoms with Crippen molar-refractivity contribution in [1.29, 1.82) is 5.26 Å². The normalized spacial score (nSPS) is 25.7. The van der Waals surface area contributed by atoms with Gasteiger partial charge in [0, 0.05) is 19.7 Å². The summed E-state index contributed by atoms with van der Waals surface area (Å²) in [6, 6.07) is 7.55. The molecule has 0 saturated heterocycles. The minimum absolute atomic E-state index is 0.0513. The monoisotopic (exact) mass is 369 g/mol. The lowest BCUT2D eigenvalue weighted by molar-refractivity contribution is 0.0894. The summed E-state index contributed by atoms with van der Waals surface area (Å²) < 4.78 is 1.03. The van der Waals surface area contributed by atoms with Gasteiger partial charge in [0.05, 0.1) is 6.07 Å². The molecule has 0 N–H and O–H groups in total. The Morgan fingerprint density at radius 2 is 2.17 bits per heavy atom. The second kappa shape index (κ2) is 4.07. The SMILES string of the molecule is N#CC12CCCC1=C(I)c1cc(Cl)ccc1C2=O. The largest absolute Gasteiger partial charge is 0.292 e. The molecule has 1 aromatic rings. The van der Waals surface area contributed by atoms with Gasteiger partial charge in [0.1, 0.15) is 5.41 Å². The molecule has 0 aliphatic heterocycles. The molecule has 0 spiro atoms. The minimum atomic E-state index is -0.905. The van der Waals surface area contributed by atoms with Crippen molar-refractivity contribution in [2.24, 2.45) is 5.41 Å². The number of allylic oxidation sites excluding steroid dienone is 1. The van der Waals surface area contributed by atoms with Crippen molar-refractivity contribution in [2.75, 3.05) is 0 Å². The van der Waals surface area contributed by atoms with Gasteiger partial charge in [-0.25, -0.2) is 0 Å². The van der Waals surface area contributed by atoms with Crippen molar-refractivity contribution < 1.29 is 4.79 Å². The van der Waals surface area contributed by atoms with Crippen LogP contribution in [0.5, 0.6) is 0 Å². The molecule has 0 aromatic heterocycles. The maximum absolute atomic E-state index is 12.6. The molecule has 4 heteroatoms. The summed E-state index contributed by atoms with van der Waals surface area (Å²) in [6.45, 7) is 0. The van der Waals surface area contributed by atoms with Crippen molar-refractivity contribution in [2.45, 2.75) is 19.3 Å². The number of rotatable bonds is 0. The lowest BCUT2D eigenvalue weighted by atomic mass is 9.72. The van der Waals surface area contributed by atoms with Gasteiger partial charge in [0.25, 0.3) is 0 Å². The van der Waals surface area contributed by atoms with E-state index in [-0.39, 0.29) is 5.78 Å². The Morgan fingerprint density at radius 3 is 2.89 bits per heavy atom. The third-order valence-corrected chi connectivity index (χ3v) is 5.27. The van der Waals surface area contributed by atoms with Gasteiger partial charge in [-0.3, -0.25) is 4.79 Å². The van der Waals surface area contributed by atoms with Gasteiger partial charge in [-0.1, -0.05) is 11.6 Å². The first kappa shape index (κ1) is 12.2. The van der Waals surface area contributed by atoms with E-state index in [2.05, 4.69) is 28.7 Å². The molecule has 1 saturated carbocycles. The zero-order valence-corrected chi connectivity index (χ0v) is 12.4. The molecule has 1 unspecified atom stereocenters. The molecule has 1 fully saturated rings. The summed E-state index contributed by atoms with van der Waals surface area (Å²) in [6.07, 6.45) is 2.39. The summed E-state index contributed by atoms with van der Waals surface area (Å²) in [5.74, 6) is -0.0513. The average Bonchev–Trinajstić information content (AvgIpc) is 2.81. The number of Topliss-reactive ketones (excluding diaryl/α,β-unsaturated/α-hetero) is 1. The first-order chi connectivity index (χ1) is 8.60. The van der Waals surface area contributed by atoms with Crippen LogP contribution in [0.2, 0.25) is 5.02 Å². The van der Waals surface area contributed by atoms with Crippen LogP contribution >= 0.6 is 34.2 Å². The zero-order valence-electron chi connectivity index (χ0n) is 9.46. The highest BCUT2D eigenvalue weighted by Crippen LogP contribution is 2.54. The van der Waals surface area contributed by atoms with E-state index < -0.39 is 5.41 Å². The maximum atomic E-state index is 12.6. The van der Waals surface area contributed by atoms with Gasteiger partial charge in [0.2, 0.25) is 0 Å². The van der Waals surface area contributed by atoms with E-state index >= 15 is 0 Å². The molecule has 90 valence electrons. The zero-order chi connectivity index (χ0) is 12.9. The molecule has 0 bridgehead atoms. The molecular weight excluding hydrogens is 361 g/mol. The van der Waals surface area contributed by atoms with E-state index in [1.54, 1.807) is 12.1 Å². The Hall–Kier alpha value is -0.860. The number of fused-ring (bicyclic) bond motifs is 2. The number of hydrogen-bond acceptors (Lipinski definition) is 2. The summed E-state index contributed by atoms with van der Waals surface area (Å²) in [5, 5.41) is 10.1. The van der Waals surface area contributed by atoms with Crippen LogP contribution in [0.25, 0.3) is 3.58 Å². The topological polar surface area (TPSA) is 40.9 Å². The van der Waals surface area contributed by atoms with Crippen molar-refractivity contribution >= 4 is 43.6 Å². The van der Waals surface area contributed by atoms with Gasteiger partial charge in [-0.15, -0.1) is 0 Å². The third kappa shape index (κ3) is 1.42. The molecule has 1 aromatic carbocycles. The smallest absolute Gasteiger partial charge is 0.187 e. The first-order valence-corrected chi connectivity index (χ1v) is 7.21. The lowest BCUT2D eigenvalue weighted by Crippen LogP contribution is -2.32. The fourth-order valence-electron chi connectivity index (χ4n) is 2.90. The Kier molecular flexibility index (Phi) is 2.76. The Balaban J connectivity index is 2.35. The van der Waals surface area contributed by atoms with Gasteiger partial charge < -0.3 is 0 Å². The molecule has 2 aliphatic rings. The van der Waals surface area contributed by atoms with E-state index in [1.807, 2.05) is 6.07 Å². The van der Waals surface area contributed by atoms with Gasteiger partial charge in [-0.2, -0.15) is 5.26 Å². The number of benzene rings is 1. The highest BCUT2D eigenvalue weighted by molar-refractivity contribution is 14.1. The van der Waals surface area contributed by atoms with Crippen LogP contribution in [-0.2, 0) is 0 Å². The molecule has 0 amide bonds. The second-order valence-electron chi connectivity index (χ2n) is 4.68. The fraction of sp³-hybridized carbons (Fsp3) is 0.286. The van der Waals surface area contributed by atoms with Crippen molar-refractivity contribution in [3.05, 3.63) is 39.9 Å². The predicted molar refractivity (Wildman–Crippen MR) is 78.6 cm³/mol. The number of carbonyl (C=O) groups is 1. The summed E-state index contributed by atoms with van der Waals surface area (Å²) >= 11 is 8.24. The molecule has 2 aliphatic carbocycles. The number of halogens is 2. The predicted octanol–water partition coefficient (Wildman–Crippen LogP) is 4.38. The Labute approximate surface area is 124 Å². The van der Waals surface area contributed by atoms with Crippen molar-refractivity contribution in [1.82, 2.24) is 0 Å². The van der Waals surface area contributed by atoms with E-state index in [9.17, 15) is 10.1 Å². The summed E-state index contributed by atoms with van der Waals surface area (Å²) in [5.41, 5.74) is 1.61. The van der Waals surface area contributed by atoms with Crippen molar-refractivity contribution in [3.8, 4) is 6.07 Å². The first-order valence-electron chi connectivity index (χ1n) is 5.75. The van der Waals surface area contributed by atoms with Gasteiger partial charge >= 0.3 is 0 Å². The highest BCUT2D eigenvalue weighted by Gasteiger charge is 2.50. The quantitative estimate of drug-likeness (QED) is 0.637. The Bertz CT molecular complexity index is 644. The van der Waals surface area contributed by atoms with Crippen LogP contribution in [0.1, 0.15) is 35.2 Å². The van der Waals surface area contributed by atoms with Gasteiger partial charge in [-0.05, 0) is 65.6 Å². The van der Waals surface area contributed by atoms with Crippen LogP contribution in [-0.4, -0.2) is 5.78 Å². The molecule has 0 heterocycles. The van der Waals surface area contributed by atoms with E-state index in [1.165, 1.54) is 0 Å². The summed E-state index contributed by atoms with van der Waals surface area (Å²) in [7, 11) is 0. The molecule has 2 nitrogen and oxygen atoms in total. The molecular formula is C14H9ClINO. The lowest BCUT2D eigenvalue weighted by Gasteiger charge is -2.29. The second-order valence-corrected chi connectivity index (χ2v) is 6.20. The van der Waals surface area contributed by atoms with Crippen LogP contribution < -0.4 is 0 Å². The van der Waals surface area contributed by atoms with Gasteiger partial charge in [0.15, 0.2) is 5.78 Å². The number of hydrogen-bond donors (Lipinski definition) is 0.